The van der Waals surface area contributed by atoms with Crippen molar-refractivity contribution < 1.29 is 8.42 Å². The Kier molecular flexibility index (Phi) is 4.43. The Labute approximate surface area is 114 Å². The van der Waals surface area contributed by atoms with Gasteiger partial charge in [-0.05, 0) is 12.1 Å². The molecule has 2 heterocycles. The van der Waals surface area contributed by atoms with Crippen molar-refractivity contribution in [2.24, 2.45) is 5.84 Å². The monoisotopic (exact) mass is 299 g/mol. The van der Waals surface area contributed by atoms with E-state index in [9.17, 15) is 8.42 Å². The number of nitrogen functional groups attached to an aromatic ring is 1. The van der Waals surface area contributed by atoms with Gasteiger partial charge < -0.3 is 5.43 Å². The molecule has 0 aliphatic carbocycles. The summed E-state index contributed by atoms with van der Waals surface area (Å²) in [6.07, 6.45) is 3.62. The summed E-state index contributed by atoms with van der Waals surface area (Å²) in [4.78, 5) is 7.91. The molecular formula is C10H13N5O2S2. The van der Waals surface area contributed by atoms with Crippen molar-refractivity contribution in [1.29, 1.82) is 0 Å². The van der Waals surface area contributed by atoms with Gasteiger partial charge in [0.15, 0.2) is 5.03 Å². The van der Waals surface area contributed by atoms with Crippen LogP contribution < -0.4 is 16.0 Å². The Morgan fingerprint density at radius 3 is 2.84 bits per heavy atom. The minimum absolute atomic E-state index is 0.114. The molecule has 102 valence electrons. The van der Waals surface area contributed by atoms with Crippen LogP contribution in [0.25, 0.3) is 0 Å². The highest BCUT2D eigenvalue weighted by Gasteiger charge is 2.19. The quantitative estimate of drug-likeness (QED) is 0.524. The first-order valence-corrected chi connectivity index (χ1v) is 7.79. The number of hydrogen-bond acceptors (Lipinski definition) is 7. The Balaban J connectivity index is 2.05. The highest BCUT2D eigenvalue weighted by atomic mass is 32.2. The number of nitrogens with one attached hydrogen (secondary N) is 2. The van der Waals surface area contributed by atoms with Gasteiger partial charge >= 0.3 is 0 Å². The molecule has 0 atom stereocenters. The van der Waals surface area contributed by atoms with E-state index in [0.29, 0.717) is 6.42 Å². The lowest BCUT2D eigenvalue weighted by Crippen LogP contribution is -2.28. The second kappa shape index (κ2) is 6.06. The van der Waals surface area contributed by atoms with Gasteiger partial charge in [0.2, 0.25) is 0 Å². The summed E-state index contributed by atoms with van der Waals surface area (Å²) in [5.74, 6) is 5.26. The zero-order valence-electron chi connectivity index (χ0n) is 9.91. The molecule has 0 spiro atoms. The fraction of sp³-hybridized carbons (Fsp3) is 0.200. The summed E-state index contributed by atoms with van der Waals surface area (Å²) in [5, 5.41) is 2.61. The van der Waals surface area contributed by atoms with Gasteiger partial charge in [0.1, 0.15) is 0 Å². The summed E-state index contributed by atoms with van der Waals surface area (Å²) in [6, 6.07) is 3.15. The summed E-state index contributed by atoms with van der Waals surface area (Å²) in [6.45, 7) is 0.260. The van der Waals surface area contributed by atoms with Crippen molar-refractivity contribution in [3.05, 3.63) is 34.9 Å². The number of hydrazine groups is 1. The number of rotatable bonds is 6. The van der Waals surface area contributed by atoms with Crippen molar-refractivity contribution in [1.82, 2.24) is 14.7 Å². The van der Waals surface area contributed by atoms with E-state index >= 15 is 0 Å². The average molecular weight is 299 g/mol. The van der Waals surface area contributed by atoms with E-state index in [-0.39, 0.29) is 17.3 Å². The van der Waals surface area contributed by atoms with Crippen LogP contribution in [0.1, 0.15) is 5.01 Å². The molecule has 4 N–H and O–H groups in total. The van der Waals surface area contributed by atoms with Crippen LogP contribution in [0.2, 0.25) is 0 Å². The average Bonchev–Trinajstić information content (AvgIpc) is 2.91. The van der Waals surface area contributed by atoms with Crippen molar-refractivity contribution in [2.45, 2.75) is 11.4 Å². The Bertz CT molecular complexity index is 627. The van der Waals surface area contributed by atoms with E-state index in [0.717, 1.165) is 5.01 Å². The first-order chi connectivity index (χ1) is 9.13. The summed E-state index contributed by atoms with van der Waals surface area (Å²) >= 11 is 1.48. The number of hydrogen-bond donors (Lipinski definition) is 3. The van der Waals surface area contributed by atoms with Crippen LogP contribution in [0.4, 0.5) is 5.69 Å². The molecule has 19 heavy (non-hydrogen) atoms. The molecule has 0 radical (unpaired) electrons. The zero-order chi connectivity index (χ0) is 13.7. The fourth-order valence-electron chi connectivity index (χ4n) is 1.45. The van der Waals surface area contributed by atoms with Crippen LogP contribution in [0.3, 0.4) is 0 Å². The number of nitrogens with zero attached hydrogens (tertiary/aromatic N) is 2. The number of aromatic nitrogens is 2. The fourth-order valence-corrected chi connectivity index (χ4v) is 3.20. The molecule has 0 aliphatic rings. The molecule has 0 bridgehead atoms. The van der Waals surface area contributed by atoms with E-state index in [1.807, 2.05) is 5.38 Å². The lowest BCUT2D eigenvalue weighted by atomic mass is 10.4. The lowest BCUT2D eigenvalue weighted by Gasteiger charge is -2.09. The maximum atomic E-state index is 12.1. The molecule has 9 heteroatoms. The van der Waals surface area contributed by atoms with Gasteiger partial charge in [-0.1, -0.05) is 0 Å². The molecule has 2 aromatic heterocycles. The first kappa shape index (κ1) is 13.9. The van der Waals surface area contributed by atoms with E-state index in [4.69, 9.17) is 5.84 Å². The van der Waals surface area contributed by atoms with Crippen molar-refractivity contribution in [3.63, 3.8) is 0 Å². The molecule has 2 rings (SSSR count). The van der Waals surface area contributed by atoms with E-state index in [1.54, 1.807) is 18.3 Å². The smallest absolute Gasteiger partial charge is 0.260 e. The summed E-state index contributed by atoms with van der Waals surface area (Å²) < 4.78 is 26.6. The van der Waals surface area contributed by atoms with Crippen molar-refractivity contribution in [2.75, 3.05) is 12.0 Å². The second-order valence-corrected chi connectivity index (χ2v) is 6.24. The van der Waals surface area contributed by atoms with E-state index in [2.05, 4.69) is 20.1 Å². The van der Waals surface area contributed by atoms with Crippen molar-refractivity contribution >= 4 is 27.0 Å². The maximum absolute atomic E-state index is 12.1. The van der Waals surface area contributed by atoms with Crippen LogP contribution in [-0.2, 0) is 16.4 Å². The molecule has 0 amide bonds. The highest BCUT2D eigenvalue weighted by Crippen LogP contribution is 2.16. The van der Waals surface area contributed by atoms with Crippen LogP contribution in [-0.4, -0.2) is 24.9 Å². The third-order valence-electron chi connectivity index (χ3n) is 2.30. The Morgan fingerprint density at radius 2 is 2.16 bits per heavy atom. The number of sulfonamides is 1. The number of pyridine rings is 1. The second-order valence-electron chi connectivity index (χ2n) is 3.57. The predicted molar refractivity (Wildman–Crippen MR) is 73.1 cm³/mol. The molecule has 0 saturated carbocycles. The zero-order valence-corrected chi connectivity index (χ0v) is 11.5. The van der Waals surface area contributed by atoms with Crippen LogP contribution in [0, 0.1) is 0 Å². The number of anilines is 1. The Morgan fingerprint density at radius 1 is 1.32 bits per heavy atom. The molecular weight excluding hydrogens is 286 g/mol. The molecule has 0 aromatic carbocycles. The standard InChI is InChI=1S/C10H13N5O2S2/c11-15-8-2-1-4-13-10(8)19(16,17)14-5-3-9-12-6-7-18-9/h1-2,4,6-7,14-15H,3,5,11H2. The number of nitrogens with two attached hydrogens (primary N) is 1. The lowest BCUT2D eigenvalue weighted by molar-refractivity contribution is 0.578. The maximum Gasteiger partial charge on any atom is 0.260 e. The van der Waals surface area contributed by atoms with Crippen molar-refractivity contribution in [3.8, 4) is 0 Å². The van der Waals surface area contributed by atoms with Gasteiger partial charge in [-0.3, -0.25) is 5.84 Å². The van der Waals surface area contributed by atoms with Crippen LogP contribution >= 0.6 is 11.3 Å². The van der Waals surface area contributed by atoms with Gasteiger partial charge in [-0.15, -0.1) is 11.3 Å². The van der Waals surface area contributed by atoms with Gasteiger partial charge in [0.05, 0.1) is 10.7 Å². The molecule has 0 fully saturated rings. The SMILES string of the molecule is NNc1cccnc1S(=O)(=O)NCCc1nccs1. The molecule has 0 aliphatic heterocycles. The van der Waals surface area contributed by atoms with Crippen LogP contribution in [0.5, 0.6) is 0 Å². The van der Waals surface area contributed by atoms with Gasteiger partial charge in [-0.25, -0.2) is 23.1 Å². The molecule has 0 unspecified atom stereocenters. The highest BCUT2D eigenvalue weighted by molar-refractivity contribution is 7.89. The van der Waals surface area contributed by atoms with Crippen LogP contribution in [0.15, 0.2) is 34.9 Å². The van der Waals surface area contributed by atoms with E-state index in [1.165, 1.54) is 17.5 Å². The predicted octanol–water partition coefficient (Wildman–Crippen LogP) is 0.345. The van der Waals surface area contributed by atoms with Gasteiger partial charge in [0, 0.05) is 30.7 Å². The normalized spacial score (nSPS) is 11.4. The first-order valence-electron chi connectivity index (χ1n) is 5.43. The minimum Gasteiger partial charge on any atom is -0.321 e. The topological polar surface area (TPSA) is 110 Å². The minimum atomic E-state index is -3.68. The molecule has 7 nitrogen and oxygen atoms in total. The van der Waals surface area contributed by atoms with Gasteiger partial charge in [-0.2, -0.15) is 0 Å². The summed E-state index contributed by atoms with van der Waals surface area (Å²) in [7, 11) is -3.68. The van der Waals surface area contributed by atoms with E-state index < -0.39 is 10.0 Å². The Hall–Kier alpha value is -1.55. The largest absolute Gasteiger partial charge is 0.321 e. The third kappa shape index (κ3) is 3.47. The molecule has 0 saturated heterocycles. The number of thiazole rings is 1. The third-order valence-corrected chi connectivity index (χ3v) is 4.55. The summed E-state index contributed by atoms with van der Waals surface area (Å²) in [5.41, 5.74) is 2.57. The molecule has 2 aromatic rings. The van der Waals surface area contributed by atoms with Gasteiger partial charge in [0.25, 0.3) is 10.0 Å².